The lowest BCUT2D eigenvalue weighted by Gasteiger charge is -2.46. The van der Waals surface area contributed by atoms with E-state index in [9.17, 15) is 0 Å². The summed E-state index contributed by atoms with van der Waals surface area (Å²) in [5.41, 5.74) is 36.3. The number of para-hydroxylation sites is 3. The van der Waals surface area contributed by atoms with Crippen LogP contribution in [-0.4, -0.2) is 15.8 Å². The number of anilines is 9. The molecule has 118 heavy (non-hydrogen) atoms. The minimum atomic E-state index is -0.293. The normalized spacial score (nSPS) is 12.9. The Balaban J connectivity index is 0.926. The van der Waals surface area contributed by atoms with Crippen molar-refractivity contribution in [2.24, 2.45) is 0 Å². The molecule has 0 unspecified atom stereocenters. The van der Waals surface area contributed by atoms with Crippen LogP contribution in [0.25, 0.3) is 111 Å². The predicted molar refractivity (Wildman–Crippen MR) is 506 cm³/mol. The Hall–Kier alpha value is -13.4. The second-order valence-electron chi connectivity index (χ2n) is 36.6. The van der Waals surface area contributed by atoms with Gasteiger partial charge in [-0.25, -0.2) is 0 Å². The molecule has 0 saturated heterocycles. The Morgan fingerprint density at radius 3 is 1.14 bits per heavy atom. The van der Waals surface area contributed by atoms with E-state index < -0.39 is 0 Å². The molecule has 0 fully saturated rings. The molecule has 16 aromatic carbocycles. The van der Waals surface area contributed by atoms with Crippen molar-refractivity contribution in [2.75, 3.05) is 14.7 Å². The van der Waals surface area contributed by atoms with Crippen LogP contribution in [0, 0.1) is 0 Å². The molecule has 0 aliphatic carbocycles. The Morgan fingerprint density at radius 1 is 0.229 bits per heavy atom. The molecule has 0 N–H and O–H groups in total. The van der Waals surface area contributed by atoms with E-state index in [0.717, 1.165) is 118 Å². The van der Waals surface area contributed by atoms with Crippen LogP contribution in [0.2, 0.25) is 0 Å². The maximum atomic E-state index is 2.74. The van der Waals surface area contributed by atoms with E-state index in [1.807, 2.05) is 0 Å². The van der Waals surface area contributed by atoms with Gasteiger partial charge >= 0.3 is 0 Å². The summed E-state index contributed by atoms with van der Waals surface area (Å²) in [4.78, 5) is 7.85. The molecule has 0 atom stereocenters. The summed E-state index contributed by atoms with van der Waals surface area (Å²) in [6.45, 7) is 27.8. The largest absolute Gasteiger partial charge is 0.311 e. The van der Waals surface area contributed by atoms with Gasteiger partial charge in [0.25, 0.3) is 6.71 Å². The van der Waals surface area contributed by atoms with Crippen molar-refractivity contribution in [1.82, 2.24) is 9.13 Å². The standard InChI is InChI=1S/C112H96BN5/c1-109(2,3)81-42-32-41-77(62-81)80-65-105-107-106(66-80)118(108-93(75-37-22-15-23-38-75)69-84(112(10,11)12)70-94(108)76-39-24-16-25-40-76)104-72-89(116-101-59-49-82(110(4,5)6)67-95(101)96-68-83(111(7,8)9)50-60-102(96)116)56-58-98(104)113(107)97-57-55-88(71-103(97)117(105)90-63-78(73-33-18-13-19-34-73)61-79(64-90)74-35-20-14-21-36-74)114(85-43-26-17-27-44-85)86-51-53-87(54-52-86)115-99-47-30-28-45-91(99)92-46-29-31-48-100(92)115/h13-72H,1-12H3. The highest BCUT2D eigenvalue weighted by molar-refractivity contribution is 7.00. The number of rotatable bonds is 12. The van der Waals surface area contributed by atoms with Crippen molar-refractivity contribution < 1.29 is 0 Å². The Labute approximate surface area is 695 Å². The van der Waals surface area contributed by atoms with E-state index in [-0.39, 0.29) is 28.4 Å². The van der Waals surface area contributed by atoms with Crippen molar-refractivity contribution in [1.29, 1.82) is 0 Å². The maximum absolute atomic E-state index is 2.74. The Bertz CT molecular complexity index is 6710. The summed E-state index contributed by atoms with van der Waals surface area (Å²) in [6, 6.07) is 138. The third-order valence-corrected chi connectivity index (χ3v) is 24.8. The fourth-order valence-electron chi connectivity index (χ4n) is 18.6. The lowest BCUT2D eigenvalue weighted by atomic mass is 9.33. The third-order valence-electron chi connectivity index (χ3n) is 24.8. The number of benzene rings is 16. The lowest BCUT2D eigenvalue weighted by Crippen LogP contribution is -2.61. The third kappa shape index (κ3) is 12.7. The van der Waals surface area contributed by atoms with Crippen LogP contribution in [0.1, 0.15) is 105 Å². The van der Waals surface area contributed by atoms with Gasteiger partial charge in [-0.1, -0.05) is 308 Å². The van der Waals surface area contributed by atoms with Crippen molar-refractivity contribution in [3.05, 3.63) is 386 Å². The SMILES string of the molecule is CC(C)(C)c1cccc(-c2cc3c4c(c2)N(c2c(-c5ccccc5)cc(C(C)(C)C)cc2-c2ccccc2)c2cc(-n5c6ccc(C(C)(C)C)cc6c6cc(C(C)(C)C)ccc65)ccc2B4c2ccc(N(c4ccccc4)c4ccc(-n5c6ccccc6c6ccccc65)cc4)cc2N3c2cc(-c3ccccc3)cc(-c3ccccc3)c2)c1. The van der Waals surface area contributed by atoms with E-state index in [1.165, 1.54) is 82.3 Å². The summed E-state index contributed by atoms with van der Waals surface area (Å²) in [6.07, 6.45) is 0. The highest BCUT2D eigenvalue weighted by atomic mass is 15.2. The molecular formula is C112H96BN5. The average molecular weight is 1520 g/mol. The van der Waals surface area contributed by atoms with Crippen LogP contribution in [0.5, 0.6) is 0 Å². The maximum Gasteiger partial charge on any atom is 0.252 e. The number of nitrogens with zero attached hydrogens (tertiary/aromatic N) is 5. The van der Waals surface area contributed by atoms with Crippen molar-refractivity contribution >= 4 is 118 Å². The molecule has 2 aliphatic heterocycles. The van der Waals surface area contributed by atoms with Crippen LogP contribution in [-0.2, 0) is 21.7 Å². The minimum absolute atomic E-state index is 0.0760. The zero-order valence-corrected chi connectivity index (χ0v) is 69.5. The smallest absolute Gasteiger partial charge is 0.252 e. The van der Waals surface area contributed by atoms with Crippen LogP contribution >= 0.6 is 0 Å². The Morgan fingerprint density at radius 2 is 0.627 bits per heavy atom. The molecule has 0 bridgehead atoms. The summed E-state index contributed by atoms with van der Waals surface area (Å²) in [7, 11) is 0. The van der Waals surface area contributed by atoms with Gasteiger partial charge in [-0.15, -0.1) is 0 Å². The van der Waals surface area contributed by atoms with Gasteiger partial charge in [-0.2, -0.15) is 0 Å². The van der Waals surface area contributed by atoms with Crippen molar-refractivity contribution in [3.63, 3.8) is 0 Å². The van der Waals surface area contributed by atoms with Gasteiger partial charge in [0, 0.05) is 89.5 Å². The Kier molecular flexibility index (Phi) is 17.6. The van der Waals surface area contributed by atoms with E-state index in [0.29, 0.717) is 0 Å². The van der Waals surface area contributed by atoms with E-state index in [4.69, 9.17) is 0 Å². The van der Waals surface area contributed by atoms with E-state index in [1.54, 1.807) is 0 Å². The molecule has 2 aromatic heterocycles. The van der Waals surface area contributed by atoms with Gasteiger partial charge in [0.05, 0.1) is 27.8 Å². The quantitative estimate of drug-likeness (QED) is 0.114. The van der Waals surface area contributed by atoms with E-state index >= 15 is 0 Å². The predicted octanol–water partition coefficient (Wildman–Crippen LogP) is 29.0. The first-order valence-corrected chi connectivity index (χ1v) is 41.8. The van der Waals surface area contributed by atoms with Crippen LogP contribution in [0.15, 0.2) is 364 Å². The summed E-state index contributed by atoms with van der Waals surface area (Å²) in [5, 5.41) is 4.98. The van der Waals surface area contributed by atoms with Gasteiger partial charge in [0.2, 0.25) is 0 Å². The van der Waals surface area contributed by atoms with E-state index in [2.05, 4.69) is 471 Å². The van der Waals surface area contributed by atoms with Crippen molar-refractivity contribution in [3.8, 4) is 67.0 Å². The highest BCUT2D eigenvalue weighted by Gasteiger charge is 2.46. The topological polar surface area (TPSA) is 19.6 Å². The molecule has 6 heteroatoms. The molecule has 572 valence electrons. The number of aromatic nitrogens is 2. The minimum Gasteiger partial charge on any atom is -0.311 e. The van der Waals surface area contributed by atoms with Gasteiger partial charge in [-0.3, -0.25) is 0 Å². The lowest BCUT2D eigenvalue weighted by molar-refractivity contribution is 0.590. The molecule has 18 aromatic rings. The summed E-state index contributed by atoms with van der Waals surface area (Å²) >= 11 is 0. The molecule has 2 aliphatic rings. The first-order chi connectivity index (χ1) is 57.1. The number of hydrogen-bond donors (Lipinski definition) is 0. The van der Waals surface area contributed by atoms with Gasteiger partial charge < -0.3 is 23.8 Å². The summed E-state index contributed by atoms with van der Waals surface area (Å²) < 4.78 is 4.98. The fourth-order valence-corrected chi connectivity index (χ4v) is 18.6. The number of hydrogen-bond acceptors (Lipinski definition) is 3. The highest BCUT2D eigenvalue weighted by Crippen LogP contribution is 2.55. The molecular weight excluding hydrogens is 1430 g/mol. The second kappa shape index (κ2) is 28.2. The molecule has 5 nitrogen and oxygen atoms in total. The number of fused-ring (bicyclic) bond motifs is 10. The van der Waals surface area contributed by atoms with Gasteiger partial charge in [-0.05, 0) is 244 Å². The summed E-state index contributed by atoms with van der Waals surface area (Å²) in [5.74, 6) is 0. The fraction of sp³-hybridized carbons (Fsp3) is 0.143. The van der Waals surface area contributed by atoms with Crippen LogP contribution in [0.4, 0.5) is 51.2 Å². The molecule has 4 heterocycles. The molecule has 0 spiro atoms. The molecule has 0 radical (unpaired) electrons. The zero-order valence-electron chi connectivity index (χ0n) is 69.5. The molecule has 0 saturated carbocycles. The van der Waals surface area contributed by atoms with Gasteiger partial charge in [0.15, 0.2) is 0 Å². The van der Waals surface area contributed by atoms with Crippen LogP contribution < -0.4 is 31.1 Å². The monoisotopic (exact) mass is 1520 g/mol. The molecule has 0 amide bonds. The average Bonchev–Trinajstić information content (AvgIpc) is 0.817. The van der Waals surface area contributed by atoms with Crippen LogP contribution in [0.3, 0.4) is 0 Å². The zero-order chi connectivity index (χ0) is 80.7. The first-order valence-electron chi connectivity index (χ1n) is 41.8. The van der Waals surface area contributed by atoms with Gasteiger partial charge in [0.1, 0.15) is 0 Å². The molecule has 20 rings (SSSR count). The van der Waals surface area contributed by atoms with Crippen molar-refractivity contribution in [2.45, 2.75) is 105 Å². The first kappa shape index (κ1) is 73.5. The second-order valence-corrected chi connectivity index (χ2v) is 36.6.